The third-order valence-electron chi connectivity index (χ3n) is 3.49. The van der Waals surface area contributed by atoms with Crippen molar-refractivity contribution in [3.05, 3.63) is 0 Å². The molecule has 0 aromatic carbocycles. The minimum atomic E-state index is -1.71. The van der Waals surface area contributed by atoms with E-state index in [4.69, 9.17) is 9.47 Å². The summed E-state index contributed by atoms with van der Waals surface area (Å²) in [6.45, 7) is 3.51. The Morgan fingerprint density at radius 2 is 1.05 bits per heavy atom. The molecule has 0 aromatic heterocycles. The zero-order chi connectivity index (χ0) is 16.9. The predicted molar refractivity (Wildman–Crippen MR) is 73.6 cm³/mol. The Labute approximate surface area is 128 Å². The summed E-state index contributed by atoms with van der Waals surface area (Å²) in [5.74, 6) is -1.31. The molecule has 0 spiro atoms. The largest absolute Gasteiger partial charge is 0.455 e. The van der Waals surface area contributed by atoms with Crippen molar-refractivity contribution in [2.24, 2.45) is 0 Å². The molecule has 22 heavy (non-hydrogen) atoms. The molecule has 4 N–H and O–H groups in total. The van der Waals surface area contributed by atoms with Crippen LogP contribution in [0, 0.1) is 0 Å². The summed E-state index contributed by atoms with van der Waals surface area (Å²) in [4.78, 5) is 23.2. The van der Waals surface area contributed by atoms with E-state index in [2.05, 4.69) is 0 Å². The van der Waals surface area contributed by atoms with E-state index in [1.807, 2.05) is 0 Å². The van der Waals surface area contributed by atoms with Gasteiger partial charge in [-0.25, -0.2) is 0 Å². The van der Waals surface area contributed by atoms with Gasteiger partial charge in [0.25, 0.3) is 0 Å². The first-order valence-corrected chi connectivity index (χ1v) is 7.44. The maximum Gasteiger partial charge on any atom is 0.306 e. The van der Waals surface area contributed by atoms with Crippen LogP contribution in [0.1, 0.15) is 39.5 Å². The maximum absolute atomic E-state index is 11.6. The Kier molecular flexibility index (Phi) is 7.21. The van der Waals surface area contributed by atoms with Gasteiger partial charge in [0, 0.05) is 12.8 Å². The van der Waals surface area contributed by atoms with Crippen LogP contribution in [0.15, 0.2) is 0 Å². The van der Waals surface area contributed by atoms with Gasteiger partial charge in [-0.05, 0) is 12.8 Å². The van der Waals surface area contributed by atoms with E-state index in [1.54, 1.807) is 13.8 Å². The summed E-state index contributed by atoms with van der Waals surface area (Å²) < 4.78 is 10.1. The zero-order valence-corrected chi connectivity index (χ0v) is 12.7. The number of esters is 2. The molecule has 1 fully saturated rings. The third-order valence-corrected chi connectivity index (χ3v) is 3.49. The highest BCUT2D eigenvalue weighted by molar-refractivity contribution is 5.70. The van der Waals surface area contributed by atoms with Crippen LogP contribution in [-0.2, 0) is 19.1 Å². The molecule has 6 atom stereocenters. The Bertz CT molecular complexity index is 349. The summed E-state index contributed by atoms with van der Waals surface area (Å²) in [7, 11) is 0. The highest BCUT2D eigenvalue weighted by Gasteiger charge is 2.52. The van der Waals surface area contributed by atoms with Gasteiger partial charge in [-0.3, -0.25) is 9.59 Å². The summed E-state index contributed by atoms with van der Waals surface area (Å²) >= 11 is 0. The van der Waals surface area contributed by atoms with Crippen molar-refractivity contribution in [3.8, 4) is 0 Å². The molecular formula is C14H24O8. The average molecular weight is 320 g/mol. The second-order valence-electron chi connectivity index (χ2n) is 5.37. The molecule has 0 amide bonds. The van der Waals surface area contributed by atoms with E-state index in [0.717, 1.165) is 0 Å². The number of aliphatic hydroxyl groups is 4. The fourth-order valence-corrected chi connectivity index (χ4v) is 2.28. The molecule has 0 radical (unpaired) electrons. The van der Waals surface area contributed by atoms with Crippen molar-refractivity contribution in [2.75, 3.05) is 0 Å². The van der Waals surface area contributed by atoms with Crippen molar-refractivity contribution in [1.82, 2.24) is 0 Å². The highest BCUT2D eigenvalue weighted by atomic mass is 16.6. The Morgan fingerprint density at radius 1 is 0.727 bits per heavy atom. The number of carbonyl (C=O) groups is 2. The lowest BCUT2D eigenvalue weighted by atomic mass is 9.84. The number of rotatable bonds is 6. The molecule has 1 rings (SSSR count). The van der Waals surface area contributed by atoms with Crippen molar-refractivity contribution < 1.29 is 39.5 Å². The summed E-state index contributed by atoms with van der Waals surface area (Å²) in [5.41, 5.74) is 0. The van der Waals surface area contributed by atoms with E-state index in [0.29, 0.717) is 12.8 Å². The van der Waals surface area contributed by atoms with Gasteiger partial charge in [0.1, 0.15) is 24.4 Å². The van der Waals surface area contributed by atoms with E-state index in [1.165, 1.54) is 0 Å². The van der Waals surface area contributed by atoms with E-state index >= 15 is 0 Å². The van der Waals surface area contributed by atoms with Gasteiger partial charge in [-0.2, -0.15) is 0 Å². The van der Waals surface area contributed by atoms with Crippen molar-refractivity contribution in [1.29, 1.82) is 0 Å². The molecule has 0 heterocycles. The second kappa shape index (κ2) is 8.42. The van der Waals surface area contributed by atoms with E-state index in [-0.39, 0.29) is 12.8 Å². The molecule has 0 bridgehead atoms. The van der Waals surface area contributed by atoms with Crippen LogP contribution in [-0.4, -0.2) is 69.0 Å². The van der Waals surface area contributed by atoms with Crippen LogP contribution < -0.4 is 0 Å². The van der Waals surface area contributed by atoms with Gasteiger partial charge >= 0.3 is 11.9 Å². The van der Waals surface area contributed by atoms with Gasteiger partial charge in [0.05, 0.1) is 0 Å². The van der Waals surface area contributed by atoms with Crippen molar-refractivity contribution in [2.45, 2.75) is 76.2 Å². The SMILES string of the molecule is CCCC(=O)O[C@@H]1[C@@H](O)[C@H](O)[C@@H](O)[C@H](O)[C@@H]1OC(=O)CCC. The summed E-state index contributed by atoms with van der Waals surface area (Å²) in [6, 6.07) is 0. The van der Waals surface area contributed by atoms with Crippen LogP contribution in [0.2, 0.25) is 0 Å². The monoisotopic (exact) mass is 320 g/mol. The van der Waals surface area contributed by atoms with Gasteiger partial charge in [0.15, 0.2) is 12.2 Å². The molecule has 1 aliphatic carbocycles. The first-order chi connectivity index (χ1) is 10.3. The number of ether oxygens (including phenoxy) is 2. The number of aliphatic hydroxyl groups excluding tert-OH is 4. The first-order valence-electron chi connectivity index (χ1n) is 7.44. The quantitative estimate of drug-likeness (QED) is 0.452. The Hall–Kier alpha value is -1.22. The number of hydrogen-bond acceptors (Lipinski definition) is 8. The molecule has 1 aliphatic rings. The predicted octanol–water partition coefficient (Wildman–Crippen LogP) is -1.13. The Morgan fingerprint density at radius 3 is 1.32 bits per heavy atom. The fourth-order valence-electron chi connectivity index (χ4n) is 2.28. The van der Waals surface area contributed by atoms with Crippen LogP contribution in [0.5, 0.6) is 0 Å². The number of carbonyl (C=O) groups excluding carboxylic acids is 2. The van der Waals surface area contributed by atoms with Gasteiger partial charge in [-0.15, -0.1) is 0 Å². The summed E-state index contributed by atoms with van der Waals surface area (Å²) in [5, 5.41) is 39.3. The minimum Gasteiger partial charge on any atom is -0.455 e. The van der Waals surface area contributed by atoms with Gasteiger partial charge in [-0.1, -0.05) is 13.8 Å². The third kappa shape index (κ3) is 4.39. The van der Waals surface area contributed by atoms with Crippen LogP contribution in [0.4, 0.5) is 0 Å². The first kappa shape index (κ1) is 18.8. The smallest absolute Gasteiger partial charge is 0.306 e. The lowest BCUT2D eigenvalue weighted by molar-refractivity contribution is -0.241. The average Bonchev–Trinajstić information content (AvgIpc) is 2.47. The van der Waals surface area contributed by atoms with Crippen molar-refractivity contribution in [3.63, 3.8) is 0 Å². The van der Waals surface area contributed by atoms with E-state index < -0.39 is 48.6 Å². The van der Waals surface area contributed by atoms with Crippen LogP contribution in [0.25, 0.3) is 0 Å². The molecule has 8 nitrogen and oxygen atoms in total. The molecule has 0 aromatic rings. The van der Waals surface area contributed by atoms with Crippen molar-refractivity contribution >= 4 is 11.9 Å². The number of hydrogen-bond donors (Lipinski definition) is 4. The second-order valence-corrected chi connectivity index (χ2v) is 5.37. The summed E-state index contributed by atoms with van der Waals surface area (Å²) in [6.07, 6.45) is -8.46. The normalized spacial score (nSPS) is 35.0. The molecule has 128 valence electrons. The Balaban J connectivity index is 2.91. The minimum absolute atomic E-state index is 0.0770. The molecule has 0 unspecified atom stereocenters. The molecule has 8 heteroatoms. The molecule has 1 saturated carbocycles. The topological polar surface area (TPSA) is 134 Å². The molecule has 0 aliphatic heterocycles. The molecule has 0 saturated heterocycles. The fraction of sp³-hybridized carbons (Fsp3) is 0.857. The van der Waals surface area contributed by atoms with Crippen LogP contribution >= 0.6 is 0 Å². The highest BCUT2D eigenvalue weighted by Crippen LogP contribution is 2.27. The maximum atomic E-state index is 11.6. The van der Waals surface area contributed by atoms with Gasteiger partial charge < -0.3 is 29.9 Å². The van der Waals surface area contributed by atoms with Gasteiger partial charge in [0.2, 0.25) is 0 Å². The molecular weight excluding hydrogens is 296 g/mol. The van der Waals surface area contributed by atoms with Crippen LogP contribution in [0.3, 0.4) is 0 Å². The lowest BCUT2D eigenvalue weighted by Gasteiger charge is -2.42. The lowest BCUT2D eigenvalue weighted by Crippen LogP contribution is -2.65. The zero-order valence-electron chi connectivity index (χ0n) is 12.7. The standard InChI is InChI=1S/C14H24O8/c1-3-5-7(15)21-13-11(19)9(17)10(18)12(20)14(13)22-8(16)6-4-2/h9-14,17-20H,3-6H2,1-2H3/t9-,10-,11+,12+,13-,14+/m1/s1. The van der Waals surface area contributed by atoms with E-state index in [9.17, 15) is 30.0 Å².